The van der Waals surface area contributed by atoms with Crippen LogP contribution in [-0.4, -0.2) is 17.1 Å². The van der Waals surface area contributed by atoms with Crippen molar-refractivity contribution in [2.24, 2.45) is 5.73 Å². The molecule has 5 nitrogen and oxygen atoms in total. The summed E-state index contributed by atoms with van der Waals surface area (Å²) in [6, 6.07) is 7.66. The maximum Gasteiger partial charge on any atom is 0.340 e. The van der Waals surface area contributed by atoms with Crippen LogP contribution in [-0.2, 0) is 0 Å². The van der Waals surface area contributed by atoms with E-state index in [0.29, 0.717) is 0 Å². The lowest BCUT2D eigenvalue weighted by atomic mass is 10.2. The fraction of sp³-hybridized carbons (Fsp3) is 0. The van der Waals surface area contributed by atoms with E-state index in [0.717, 1.165) is 11.3 Å². The number of carbonyl (C=O) groups excluding carboxylic acids is 1. The molecule has 0 fully saturated rings. The topological polar surface area (TPSA) is 92.4 Å². The summed E-state index contributed by atoms with van der Waals surface area (Å²) in [4.78, 5) is 21.3. The molecule has 0 atom stereocenters. The number of anilines is 1. The molecular weight excluding hydrogens is 276 g/mol. The normalized spacial score (nSPS) is 9.75. The Labute approximate surface area is 119 Å². The Hall–Kier alpha value is -2.78. The fourth-order valence-electron chi connectivity index (χ4n) is 1.56. The van der Waals surface area contributed by atoms with Crippen LogP contribution < -0.4 is 11.1 Å². The molecule has 0 bridgehead atoms. The van der Waals surface area contributed by atoms with Crippen molar-refractivity contribution >= 4 is 28.3 Å². The summed E-state index contributed by atoms with van der Waals surface area (Å²) in [5.74, 6) is 1.02. The van der Waals surface area contributed by atoms with Gasteiger partial charge < -0.3 is 10.8 Å². The Bertz CT molecular complexity index is 711. The highest BCUT2D eigenvalue weighted by molar-refractivity contribution is 7.15. The average Bonchev–Trinajstić information content (AvgIpc) is 2.83. The summed E-state index contributed by atoms with van der Waals surface area (Å²) >= 11 is 1.02. The van der Waals surface area contributed by atoms with Gasteiger partial charge in [0.25, 0.3) is 0 Å². The molecule has 0 radical (unpaired) electrons. The number of primary amides is 1. The van der Waals surface area contributed by atoms with E-state index in [9.17, 15) is 9.59 Å². The molecule has 3 rings (SSSR count). The van der Waals surface area contributed by atoms with E-state index in [4.69, 9.17) is 17.3 Å². The Balaban J connectivity index is 0.000000198. The van der Waals surface area contributed by atoms with Gasteiger partial charge in [0.15, 0.2) is 0 Å². The predicted molar refractivity (Wildman–Crippen MR) is 77.9 cm³/mol. The number of fused-ring (bicyclic) bond motifs is 1. The van der Waals surface area contributed by atoms with Gasteiger partial charge in [-0.2, -0.15) is 0 Å². The lowest BCUT2D eigenvalue weighted by Gasteiger charge is -1.99. The third-order valence-corrected chi connectivity index (χ3v) is 3.41. The summed E-state index contributed by atoms with van der Waals surface area (Å²) < 4.78 is 0. The van der Waals surface area contributed by atoms with Crippen molar-refractivity contribution in [2.75, 3.05) is 5.32 Å². The van der Waals surface area contributed by atoms with Gasteiger partial charge in [0.1, 0.15) is 10.6 Å². The molecule has 0 saturated heterocycles. The second-order valence-corrected chi connectivity index (χ2v) is 4.75. The highest BCUT2D eigenvalue weighted by Gasteiger charge is 2.17. The molecular formula is C14H10N2O3S. The molecule has 4 N–H and O–H groups in total. The average molecular weight is 286 g/mol. The zero-order chi connectivity index (χ0) is 14.7. The van der Waals surface area contributed by atoms with Crippen molar-refractivity contribution in [3.05, 3.63) is 40.8 Å². The summed E-state index contributed by atoms with van der Waals surface area (Å²) in [5.41, 5.74) is 7.84. The predicted octanol–water partition coefficient (Wildman–Crippen LogP) is 2.59. The smallest absolute Gasteiger partial charge is 0.340 e. The van der Waals surface area contributed by atoms with Gasteiger partial charge >= 0.3 is 12.0 Å². The van der Waals surface area contributed by atoms with Crippen LogP contribution in [0.2, 0.25) is 0 Å². The maximum absolute atomic E-state index is 10.8. The number of hydrogen-bond acceptors (Lipinski definition) is 3. The van der Waals surface area contributed by atoms with Crippen molar-refractivity contribution in [3.8, 4) is 23.5 Å². The summed E-state index contributed by atoms with van der Waals surface area (Å²) in [5, 5.41) is 12.6. The zero-order valence-electron chi connectivity index (χ0n) is 10.2. The Morgan fingerprint density at radius 3 is 2.35 bits per heavy atom. The molecule has 1 heterocycles. The summed E-state index contributed by atoms with van der Waals surface area (Å²) in [6.07, 6.45) is 5.08. The van der Waals surface area contributed by atoms with Crippen LogP contribution >= 0.6 is 11.3 Å². The number of terminal acetylenes is 1. The van der Waals surface area contributed by atoms with Crippen molar-refractivity contribution in [2.45, 2.75) is 0 Å². The first-order valence-electron chi connectivity index (χ1n) is 5.51. The number of nitrogens with two attached hydrogens (primary N) is 1. The summed E-state index contributed by atoms with van der Waals surface area (Å²) in [7, 11) is 0. The third kappa shape index (κ3) is 2.96. The van der Waals surface area contributed by atoms with Crippen molar-refractivity contribution in [1.29, 1.82) is 0 Å². The Kier molecular flexibility index (Phi) is 3.73. The maximum atomic E-state index is 10.8. The van der Waals surface area contributed by atoms with Crippen LogP contribution in [0, 0.1) is 12.3 Å². The third-order valence-electron chi connectivity index (χ3n) is 2.51. The van der Waals surface area contributed by atoms with E-state index in [1.165, 1.54) is 16.5 Å². The number of thiophene rings is 1. The summed E-state index contributed by atoms with van der Waals surface area (Å²) in [6.45, 7) is 0. The number of benzene rings is 1. The van der Waals surface area contributed by atoms with Gasteiger partial charge in [-0.3, -0.25) is 5.32 Å². The van der Waals surface area contributed by atoms with Crippen LogP contribution in [0.4, 0.5) is 9.80 Å². The van der Waals surface area contributed by atoms with E-state index >= 15 is 0 Å². The number of rotatable bonds is 2. The Morgan fingerprint density at radius 1 is 1.35 bits per heavy atom. The van der Waals surface area contributed by atoms with Crippen LogP contribution in [0.3, 0.4) is 0 Å². The molecule has 100 valence electrons. The monoisotopic (exact) mass is 286 g/mol. The number of aromatic carboxylic acids is 1. The molecule has 0 spiro atoms. The van der Waals surface area contributed by atoms with Crippen LogP contribution in [0.1, 0.15) is 15.9 Å². The number of urea groups is 1. The van der Waals surface area contributed by atoms with Gasteiger partial charge in [-0.15, -0.1) is 17.8 Å². The molecule has 0 aromatic carbocycles. The molecule has 2 amide bonds. The first-order chi connectivity index (χ1) is 9.52. The van der Waals surface area contributed by atoms with Gasteiger partial charge in [0.05, 0.1) is 5.56 Å². The second kappa shape index (κ2) is 5.47. The number of carbonyl (C=O) groups is 2. The molecule has 1 aromatic rings. The number of amides is 2. The minimum Gasteiger partial charge on any atom is -0.478 e. The van der Waals surface area contributed by atoms with Gasteiger partial charge in [-0.1, -0.05) is 24.1 Å². The van der Waals surface area contributed by atoms with Crippen molar-refractivity contribution in [3.63, 3.8) is 0 Å². The largest absolute Gasteiger partial charge is 0.478 e. The van der Waals surface area contributed by atoms with Gasteiger partial charge in [0, 0.05) is 5.38 Å². The lowest BCUT2D eigenvalue weighted by molar-refractivity contribution is 0.0698. The molecule has 1 aromatic heterocycles. The number of nitrogens with one attached hydrogen (secondary N) is 1. The van der Waals surface area contributed by atoms with Gasteiger partial charge in [-0.05, 0) is 17.2 Å². The number of carboxylic acid groups (broad SMARTS) is 1. The standard InChI is InChI=1S/C8H6N2O3S.C6H4/c1-2-4-3-14-6(10-8(9)13)5(4)7(11)12;1-2-5-4-6(5)3-1/h1,3H,(H,11,12)(H3,9,10,13);1-4H. The van der Waals surface area contributed by atoms with Crippen LogP contribution in [0.15, 0.2) is 29.6 Å². The van der Waals surface area contributed by atoms with Crippen molar-refractivity contribution < 1.29 is 14.7 Å². The van der Waals surface area contributed by atoms with Crippen LogP contribution in [0.25, 0.3) is 11.1 Å². The van der Waals surface area contributed by atoms with Gasteiger partial charge in [0.2, 0.25) is 0 Å². The van der Waals surface area contributed by atoms with E-state index < -0.39 is 12.0 Å². The molecule has 0 aliphatic heterocycles. The number of carboxylic acids is 1. The second-order valence-electron chi connectivity index (χ2n) is 3.87. The number of hydrogen-bond donors (Lipinski definition) is 3. The van der Waals surface area contributed by atoms with E-state index in [2.05, 4.69) is 35.5 Å². The first-order valence-corrected chi connectivity index (χ1v) is 6.39. The SMILES string of the molecule is C#Cc1csc(NC(N)=O)c1C(=O)O.c1cc2cc-2c1. The van der Waals surface area contributed by atoms with Gasteiger partial charge in [-0.25, -0.2) is 9.59 Å². The van der Waals surface area contributed by atoms with E-state index in [-0.39, 0.29) is 16.1 Å². The first kappa shape index (κ1) is 13.6. The molecule has 20 heavy (non-hydrogen) atoms. The van der Waals surface area contributed by atoms with Crippen molar-refractivity contribution in [1.82, 2.24) is 0 Å². The van der Waals surface area contributed by atoms with Crippen LogP contribution in [0.5, 0.6) is 0 Å². The molecule has 2 aliphatic rings. The zero-order valence-corrected chi connectivity index (χ0v) is 11.0. The van der Waals surface area contributed by atoms with E-state index in [1.807, 2.05) is 0 Å². The highest BCUT2D eigenvalue weighted by atomic mass is 32.1. The minimum absolute atomic E-state index is 0.101. The molecule has 6 heteroatoms. The molecule has 0 unspecified atom stereocenters. The molecule has 0 saturated carbocycles. The fourth-order valence-corrected chi connectivity index (χ4v) is 2.45. The lowest BCUT2D eigenvalue weighted by Crippen LogP contribution is -2.20. The minimum atomic E-state index is -1.19. The Morgan fingerprint density at radius 2 is 2.00 bits per heavy atom. The highest BCUT2D eigenvalue weighted by Crippen LogP contribution is 2.32. The van der Waals surface area contributed by atoms with E-state index in [1.54, 1.807) is 0 Å². The quantitative estimate of drug-likeness (QED) is 0.632. The molecule has 2 aliphatic carbocycles.